The Bertz CT molecular complexity index is 730. The van der Waals surface area contributed by atoms with E-state index in [1.165, 1.54) is 18.4 Å². The monoisotopic (exact) mass is 357 g/mol. The van der Waals surface area contributed by atoms with Crippen molar-refractivity contribution in [3.05, 3.63) is 64.5 Å². The molecule has 4 heteroatoms. The van der Waals surface area contributed by atoms with Crippen molar-refractivity contribution in [1.82, 2.24) is 14.6 Å². The number of nitrogens with zero attached hydrogens (tertiary/aromatic N) is 3. The van der Waals surface area contributed by atoms with Gasteiger partial charge in [0.2, 0.25) is 0 Å². The fourth-order valence-corrected chi connectivity index (χ4v) is 3.13. The lowest BCUT2D eigenvalue weighted by molar-refractivity contribution is 0.478. The van der Waals surface area contributed by atoms with Crippen molar-refractivity contribution in [2.75, 3.05) is 0 Å². The van der Waals surface area contributed by atoms with E-state index in [-0.39, 0.29) is 5.41 Å². The number of unbranched alkanes of at least 4 members (excludes halogenated alkanes) is 1. The first-order chi connectivity index (χ1) is 10.6. The number of hydrogen-bond donors (Lipinski definition) is 0. The fraction of sp³-hybridized carbons (Fsp3) is 0.333. The van der Waals surface area contributed by atoms with Gasteiger partial charge in [0.1, 0.15) is 0 Å². The van der Waals surface area contributed by atoms with Crippen LogP contribution >= 0.6 is 15.9 Å². The summed E-state index contributed by atoms with van der Waals surface area (Å²) < 4.78 is 2.96. The SMILES string of the molecule is CCCCC(C)(c1ccc(Br)cc1)c1cc2ncccn2n1. The van der Waals surface area contributed by atoms with Crippen molar-refractivity contribution in [2.24, 2.45) is 0 Å². The molecular weight excluding hydrogens is 338 g/mol. The number of hydrogen-bond acceptors (Lipinski definition) is 2. The van der Waals surface area contributed by atoms with E-state index >= 15 is 0 Å². The molecule has 3 aromatic rings. The molecule has 0 bridgehead atoms. The molecule has 1 unspecified atom stereocenters. The predicted molar refractivity (Wildman–Crippen MR) is 93.1 cm³/mol. The van der Waals surface area contributed by atoms with Crippen LogP contribution in [0, 0.1) is 0 Å². The Kier molecular flexibility index (Phi) is 4.30. The van der Waals surface area contributed by atoms with Crippen LogP contribution in [-0.2, 0) is 5.41 Å². The first kappa shape index (κ1) is 15.2. The largest absolute Gasteiger partial charge is 0.237 e. The van der Waals surface area contributed by atoms with Gasteiger partial charge in [-0.25, -0.2) is 9.50 Å². The van der Waals surface area contributed by atoms with Crippen molar-refractivity contribution in [3.63, 3.8) is 0 Å². The number of benzene rings is 1. The first-order valence-corrected chi connectivity index (χ1v) is 8.50. The minimum Gasteiger partial charge on any atom is -0.237 e. The van der Waals surface area contributed by atoms with Crippen LogP contribution in [0.2, 0.25) is 0 Å². The van der Waals surface area contributed by atoms with Crippen LogP contribution < -0.4 is 0 Å². The van der Waals surface area contributed by atoms with E-state index in [0.717, 1.165) is 22.2 Å². The molecule has 0 aliphatic heterocycles. The van der Waals surface area contributed by atoms with Crippen LogP contribution in [0.3, 0.4) is 0 Å². The van der Waals surface area contributed by atoms with Crippen LogP contribution in [0.25, 0.3) is 5.65 Å². The van der Waals surface area contributed by atoms with Gasteiger partial charge in [0.05, 0.1) is 5.69 Å². The van der Waals surface area contributed by atoms with Crippen LogP contribution in [0.1, 0.15) is 44.4 Å². The summed E-state index contributed by atoms with van der Waals surface area (Å²) in [5.41, 5.74) is 3.19. The molecule has 2 heterocycles. The Morgan fingerprint density at radius 2 is 2.00 bits per heavy atom. The molecule has 1 atom stereocenters. The van der Waals surface area contributed by atoms with E-state index in [1.54, 1.807) is 0 Å². The second kappa shape index (κ2) is 6.21. The van der Waals surface area contributed by atoms with Gasteiger partial charge < -0.3 is 0 Å². The molecule has 0 radical (unpaired) electrons. The molecule has 0 saturated heterocycles. The normalized spacial score (nSPS) is 14.1. The average Bonchev–Trinajstić information content (AvgIpc) is 2.98. The van der Waals surface area contributed by atoms with Crippen molar-refractivity contribution < 1.29 is 0 Å². The standard InChI is InChI=1S/C18H20BrN3/c1-3-4-10-18(2,14-6-8-15(19)9-7-14)16-13-17-20-11-5-12-22(17)21-16/h5-9,11-13H,3-4,10H2,1-2H3. The van der Waals surface area contributed by atoms with E-state index in [0.29, 0.717) is 0 Å². The maximum Gasteiger partial charge on any atom is 0.155 e. The lowest BCUT2D eigenvalue weighted by atomic mass is 9.75. The summed E-state index contributed by atoms with van der Waals surface area (Å²) in [6.45, 7) is 4.51. The van der Waals surface area contributed by atoms with Crippen molar-refractivity contribution in [1.29, 1.82) is 0 Å². The second-order valence-electron chi connectivity index (χ2n) is 5.89. The molecule has 0 aliphatic carbocycles. The topological polar surface area (TPSA) is 30.2 Å². The summed E-state index contributed by atoms with van der Waals surface area (Å²) in [4.78, 5) is 4.40. The van der Waals surface area contributed by atoms with Crippen molar-refractivity contribution >= 4 is 21.6 Å². The number of rotatable bonds is 5. The van der Waals surface area contributed by atoms with Gasteiger partial charge in [-0.3, -0.25) is 0 Å². The third kappa shape index (κ3) is 2.80. The predicted octanol–water partition coefficient (Wildman–Crippen LogP) is 4.99. The van der Waals surface area contributed by atoms with Gasteiger partial charge >= 0.3 is 0 Å². The van der Waals surface area contributed by atoms with Gasteiger partial charge in [-0.1, -0.05) is 47.8 Å². The average molecular weight is 358 g/mol. The lowest BCUT2D eigenvalue weighted by Gasteiger charge is -2.28. The van der Waals surface area contributed by atoms with E-state index in [9.17, 15) is 0 Å². The second-order valence-corrected chi connectivity index (χ2v) is 6.81. The number of aromatic nitrogens is 3. The van der Waals surface area contributed by atoms with Gasteiger partial charge in [0.15, 0.2) is 5.65 Å². The first-order valence-electron chi connectivity index (χ1n) is 7.70. The summed E-state index contributed by atoms with van der Waals surface area (Å²) in [5.74, 6) is 0. The molecule has 3 nitrogen and oxygen atoms in total. The Morgan fingerprint density at radius 1 is 1.23 bits per heavy atom. The van der Waals surface area contributed by atoms with Gasteiger partial charge in [0.25, 0.3) is 0 Å². The zero-order chi connectivity index (χ0) is 15.6. The van der Waals surface area contributed by atoms with Gasteiger partial charge in [-0.15, -0.1) is 0 Å². The lowest BCUT2D eigenvalue weighted by Crippen LogP contribution is -2.24. The van der Waals surface area contributed by atoms with Gasteiger partial charge in [-0.2, -0.15) is 5.10 Å². The van der Waals surface area contributed by atoms with Gasteiger partial charge in [0, 0.05) is 28.3 Å². The summed E-state index contributed by atoms with van der Waals surface area (Å²) in [6, 6.07) is 12.6. The molecule has 0 N–H and O–H groups in total. The van der Waals surface area contributed by atoms with Crippen molar-refractivity contribution in [3.8, 4) is 0 Å². The van der Waals surface area contributed by atoms with Crippen LogP contribution in [0.5, 0.6) is 0 Å². The van der Waals surface area contributed by atoms with Gasteiger partial charge in [-0.05, 0) is 37.1 Å². The molecular formula is C18H20BrN3. The highest BCUT2D eigenvalue weighted by Crippen LogP contribution is 2.36. The Balaban J connectivity index is 2.09. The quantitative estimate of drug-likeness (QED) is 0.643. The summed E-state index contributed by atoms with van der Waals surface area (Å²) >= 11 is 3.52. The smallest absolute Gasteiger partial charge is 0.155 e. The minimum atomic E-state index is -0.0928. The molecule has 3 rings (SSSR count). The summed E-state index contributed by atoms with van der Waals surface area (Å²) in [7, 11) is 0. The highest BCUT2D eigenvalue weighted by molar-refractivity contribution is 9.10. The Labute approximate surface area is 139 Å². The molecule has 0 amide bonds. The Morgan fingerprint density at radius 3 is 2.68 bits per heavy atom. The van der Waals surface area contributed by atoms with Crippen LogP contribution in [0.15, 0.2) is 53.3 Å². The minimum absolute atomic E-state index is 0.0928. The molecule has 0 saturated carbocycles. The zero-order valence-electron chi connectivity index (χ0n) is 13.0. The fourth-order valence-electron chi connectivity index (χ4n) is 2.87. The maximum absolute atomic E-state index is 4.78. The summed E-state index contributed by atoms with van der Waals surface area (Å²) in [5, 5.41) is 4.78. The Hall–Kier alpha value is -1.68. The number of fused-ring (bicyclic) bond motifs is 1. The third-order valence-corrected chi connectivity index (χ3v) is 4.84. The maximum atomic E-state index is 4.78. The number of halogens is 1. The molecule has 0 spiro atoms. The van der Waals surface area contributed by atoms with E-state index in [2.05, 4.69) is 65.1 Å². The highest BCUT2D eigenvalue weighted by Gasteiger charge is 2.31. The van der Waals surface area contributed by atoms with Crippen LogP contribution in [-0.4, -0.2) is 14.6 Å². The molecule has 22 heavy (non-hydrogen) atoms. The molecule has 2 aromatic heterocycles. The third-order valence-electron chi connectivity index (χ3n) is 4.31. The molecule has 1 aromatic carbocycles. The van der Waals surface area contributed by atoms with E-state index in [1.807, 2.05) is 23.0 Å². The van der Waals surface area contributed by atoms with Crippen LogP contribution in [0.4, 0.5) is 0 Å². The molecule has 114 valence electrons. The summed E-state index contributed by atoms with van der Waals surface area (Å²) in [6.07, 6.45) is 7.19. The van der Waals surface area contributed by atoms with Crippen molar-refractivity contribution in [2.45, 2.75) is 38.5 Å². The molecule has 0 aliphatic rings. The molecule has 0 fully saturated rings. The zero-order valence-corrected chi connectivity index (χ0v) is 14.5. The van der Waals surface area contributed by atoms with E-state index < -0.39 is 0 Å². The van der Waals surface area contributed by atoms with E-state index in [4.69, 9.17) is 5.10 Å². The highest BCUT2D eigenvalue weighted by atomic mass is 79.9.